The van der Waals surface area contributed by atoms with Crippen molar-refractivity contribution < 1.29 is 5.11 Å². The van der Waals surface area contributed by atoms with Crippen molar-refractivity contribution in [2.24, 2.45) is 0 Å². The number of hydrogen-bond donors (Lipinski definition) is 1. The van der Waals surface area contributed by atoms with Crippen LogP contribution in [0.25, 0.3) is 28.3 Å². The Bertz CT molecular complexity index is 1340. The maximum atomic E-state index is 10.6. The largest absolute Gasteiger partial charge is 0.390 e. The first-order valence-electron chi connectivity index (χ1n) is 11.8. The van der Waals surface area contributed by atoms with Gasteiger partial charge in [-0.15, -0.1) is 0 Å². The summed E-state index contributed by atoms with van der Waals surface area (Å²) in [5.41, 5.74) is 6.55. The van der Waals surface area contributed by atoms with Gasteiger partial charge in [-0.1, -0.05) is 18.2 Å². The molecule has 1 aliphatic carbocycles. The number of β-amino-alcohol motifs (C(OH)–C–C–N with tert-alkyl or cyclic N) is 1. The van der Waals surface area contributed by atoms with E-state index in [1.165, 1.54) is 11.3 Å². The van der Waals surface area contributed by atoms with E-state index >= 15 is 0 Å². The van der Waals surface area contributed by atoms with Crippen LogP contribution in [-0.4, -0.2) is 74.4 Å². The Morgan fingerprint density at radius 1 is 1.15 bits per heavy atom. The van der Waals surface area contributed by atoms with E-state index in [0.29, 0.717) is 12.1 Å². The molecule has 1 unspecified atom stereocenters. The molecule has 7 heteroatoms. The Labute approximate surface area is 199 Å². The fraction of sp³-hybridized carbons (Fsp3) is 0.333. The Morgan fingerprint density at radius 3 is 2.71 bits per heavy atom. The zero-order chi connectivity index (χ0) is 23.4. The van der Waals surface area contributed by atoms with Crippen molar-refractivity contribution in [3.63, 3.8) is 0 Å². The van der Waals surface area contributed by atoms with E-state index in [1.54, 1.807) is 0 Å². The summed E-state index contributed by atoms with van der Waals surface area (Å²) in [7, 11) is 4.08. The predicted octanol–water partition coefficient (Wildman–Crippen LogP) is 3.05. The first-order valence-corrected chi connectivity index (χ1v) is 11.8. The highest BCUT2D eigenvalue weighted by Gasteiger charge is 2.37. The first kappa shape index (κ1) is 21.1. The number of benzene rings is 1. The molecule has 1 N–H and O–H groups in total. The second-order valence-electron chi connectivity index (χ2n) is 9.72. The SMILES string of the molecule is CN(C)[C@H]1CN(C2C=CC3=C(C2)Cn2cc(-c4ccc(C#N)cc4)cc2-c2nccn23)C[C@H]1O. The molecule has 1 aromatic carbocycles. The molecule has 172 valence electrons. The average Bonchev–Trinajstić information content (AvgIpc) is 3.56. The summed E-state index contributed by atoms with van der Waals surface area (Å²) in [4.78, 5) is 9.24. The zero-order valence-corrected chi connectivity index (χ0v) is 19.5. The van der Waals surface area contributed by atoms with Crippen molar-refractivity contribution in [3.8, 4) is 28.7 Å². The first-order chi connectivity index (χ1) is 16.5. The molecule has 0 bridgehead atoms. The van der Waals surface area contributed by atoms with Gasteiger partial charge in [0.15, 0.2) is 5.82 Å². The molecule has 1 saturated heterocycles. The minimum Gasteiger partial charge on any atom is -0.390 e. The van der Waals surface area contributed by atoms with Crippen molar-refractivity contribution >= 4 is 5.70 Å². The third-order valence-electron chi connectivity index (χ3n) is 7.45. The number of fused-ring (bicyclic) bond motifs is 4. The lowest BCUT2D eigenvalue weighted by molar-refractivity contribution is 0.112. The van der Waals surface area contributed by atoms with E-state index in [0.717, 1.165) is 42.2 Å². The van der Waals surface area contributed by atoms with Crippen LogP contribution in [0.3, 0.4) is 0 Å². The molecule has 2 aromatic heterocycles. The molecule has 0 saturated carbocycles. The molecule has 7 nitrogen and oxygen atoms in total. The highest BCUT2D eigenvalue weighted by atomic mass is 16.3. The number of allylic oxidation sites excluding steroid dienone is 2. The number of likely N-dealkylation sites (N-methyl/N-ethyl adjacent to an activating group) is 1. The Morgan fingerprint density at radius 2 is 1.97 bits per heavy atom. The van der Waals surface area contributed by atoms with E-state index in [2.05, 4.69) is 49.4 Å². The lowest BCUT2D eigenvalue weighted by Gasteiger charge is -2.30. The van der Waals surface area contributed by atoms with Crippen LogP contribution in [-0.2, 0) is 6.54 Å². The van der Waals surface area contributed by atoms with Gasteiger partial charge in [0.25, 0.3) is 0 Å². The molecule has 4 heterocycles. The molecule has 3 aromatic rings. The van der Waals surface area contributed by atoms with Crippen LogP contribution in [0.4, 0.5) is 0 Å². The van der Waals surface area contributed by atoms with Gasteiger partial charge in [0.2, 0.25) is 0 Å². The molecule has 1 fully saturated rings. The quantitative estimate of drug-likeness (QED) is 0.661. The number of aliphatic hydroxyl groups excluding tert-OH is 1. The maximum Gasteiger partial charge on any atom is 0.161 e. The van der Waals surface area contributed by atoms with Gasteiger partial charge in [0.1, 0.15) is 0 Å². The number of likely N-dealkylation sites (tertiary alicyclic amines) is 1. The van der Waals surface area contributed by atoms with Crippen LogP contribution >= 0.6 is 0 Å². The molecular weight excluding hydrogens is 424 g/mol. The summed E-state index contributed by atoms with van der Waals surface area (Å²) >= 11 is 0. The van der Waals surface area contributed by atoms with Gasteiger partial charge < -0.3 is 14.6 Å². The molecule has 6 rings (SSSR count). The van der Waals surface area contributed by atoms with E-state index in [9.17, 15) is 5.11 Å². The van der Waals surface area contributed by atoms with Gasteiger partial charge in [-0.25, -0.2) is 4.98 Å². The third-order valence-corrected chi connectivity index (χ3v) is 7.45. The smallest absolute Gasteiger partial charge is 0.161 e. The second kappa shape index (κ2) is 8.10. The van der Waals surface area contributed by atoms with Crippen LogP contribution in [0.2, 0.25) is 0 Å². The lowest BCUT2D eigenvalue weighted by atomic mass is 9.96. The minimum absolute atomic E-state index is 0.171. The van der Waals surface area contributed by atoms with Crippen LogP contribution < -0.4 is 0 Å². The zero-order valence-electron chi connectivity index (χ0n) is 19.5. The molecule has 2 aliphatic heterocycles. The van der Waals surface area contributed by atoms with Crippen molar-refractivity contribution in [3.05, 3.63) is 72.2 Å². The van der Waals surface area contributed by atoms with Gasteiger partial charge >= 0.3 is 0 Å². The van der Waals surface area contributed by atoms with Crippen LogP contribution in [0.1, 0.15) is 12.0 Å². The number of hydrogen-bond acceptors (Lipinski definition) is 5. The summed E-state index contributed by atoms with van der Waals surface area (Å²) < 4.78 is 4.50. The summed E-state index contributed by atoms with van der Waals surface area (Å²) in [6.45, 7) is 2.38. The maximum absolute atomic E-state index is 10.6. The van der Waals surface area contributed by atoms with Crippen LogP contribution in [0.5, 0.6) is 0 Å². The van der Waals surface area contributed by atoms with Gasteiger partial charge in [-0.3, -0.25) is 9.47 Å². The van der Waals surface area contributed by atoms with E-state index < -0.39 is 0 Å². The third kappa shape index (κ3) is 3.43. The van der Waals surface area contributed by atoms with E-state index in [1.807, 2.05) is 50.8 Å². The molecule has 0 radical (unpaired) electrons. The fourth-order valence-electron chi connectivity index (χ4n) is 5.59. The number of aromatic nitrogens is 3. The number of imidazole rings is 1. The normalized spacial score (nSPS) is 24.0. The standard InChI is InChI=1S/C27H28N6O/c1-30(2)25-16-31(17-26(25)34)22-7-8-23-21(11-22)15-32-14-20(19-5-3-18(13-28)4-6-19)12-24(32)27-29-9-10-33(23)27/h3-10,12,14,22,25-26,34H,11,15-17H2,1-2H3/t22?,25-,26+/m0/s1. The number of rotatable bonds is 3. The fourth-order valence-corrected chi connectivity index (χ4v) is 5.59. The highest BCUT2D eigenvalue weighted by Crippen LogP contribution is 2.37. The minimum atomic E-state index is -0.320. The average molecular weight is 453 g/mol. The summed E-state index contributed by atoms with van der Waals surface area (Å²) in [6, 6.07) is 12.6. The Kier molecular flexibility index (Phi) is 5.03. The molecule has 3 aliphatic rings. The topological polar surface area (TPSA) is 73.2 Å². The molecule has 34 heavy (non-hydrogen) atoms. The van der Waals surface area contributed by atoms with E-state index in [-0.39, 0.29) is 18.2 Å². The van der Waals surface area contributed by atoms with Crippen molar-refractivity contribution in [1.82, 2.24) is 23.9 Å². The molecule has 3 atom stereocenters. The monoisotopic (exact) mass is 452 g/mol. The Balaban J connectivity index is 1.33. The lowest BCUT2D eigenvalue weighted by Crippen LogP contribution is -2.39. The molecule has 0 amide bonds. The van der Waals surface area contributed by atoms with Crippen LogP contribution in [0.15, 0.2) is 66.6 Å². The second-order valence-corrected chi connectivity index (χ2v) is 9.72. The predicted molar refractivity (Wildman–Crippen MR) is 132 cm³/mol. The van der Waals surface area contributed by atoms with Crippen molar-refractivity contribution in [2.45, 2.75) is 31.2 Å². The number of aliphatic hydroxyl groups is 1. The summed E-state index contributed by atoms with van der Waals surface area (Å²) in [5, 5.41) is 19.7. The summed E-state index contributed by atoms with van der Waals surface area (Å²) in [6.07, 6.45) is 11.2. The number of nitriles is 1. The van der Waals surface area contributed by atoms with Crippen LogP contribution in [0, 0.1) is 11.3 Å². The molecule has 0 spiro atoms. The van der Waals surface area contributed by atoms with Gasteiger partial charge in [-0.05, 0) is 55.9 Å². The number of nitrogens with zero attached hydrogens (tertiary/aromatic N) is 6. The van der Waals surface area contributed by atoms with Crippen molar-refractivity contribution in [2.75, 3.05) is 27.2 Å². The van der Waals surface area contributed by atoms with Gasteiger partial charge in [0.05, 0.1) is 23.4 Å². The Hall–Kier alpha value is -3.44. The summed E-state index contributed by atoms with van der Waals surface area (Å²) in [5.74, 6) is 0.942. The molecular formula is C27H28N6O. The van der Waals surface area contributed by atoms with Gasteiger partial charge in [-0.2, -0.15) is 5.26 Å². The van der Waals surface area contributed by atoms with Gasteiger partial charge in [0, 0.05) is 61.6 Å². The van der Waals surface area contributed by atoms with Crippen molar-refractivity contribution in [1.29, 1.82) is 5.26 Å². The highest BCUT2D eigenvalue weighted by molar-refractivity contribution is 5.75. The van der Waals surface area contributed by atoms with E-state index in [4.69, 9.17) is 10.2 Å².